The average Bonchev–Trinajstić information content (AvgIpc) is 3.09. The maximum atomic E-state index is 4.72. The van der Waals surface area contributed by atoms with Crippen molar-refractivity contribution in [2.75, 3.05) is 32.7 Å². The SMILES string of the molecule is C=CCNC(=NCCn1cnnc1CC)NC1CCN(CCC)CC1. The summed E-state index contributed by atoms with van der Waals surface area (Å²) in [6, 6.07) is 0.491. The zero-order chi connectivity index (χ0) is 17.9. The molecule has 1 aromatic heterocycles. The second-order valence-electron chi connectivity index (χ2n) is 6.45. The number of likely N-dealkylation sites (tertiary alicyclic amines) is 1. The minimum atomic E-state index is 0.491. The molecule has 0 atom stereocenters. The van der Waals surface area contributed by atoms with Crippen molar-refractivity contribution in [3.63, 3.8) is 0 Å². The summed E-state index contributed by atoms with van der Waals surface area (Å²) >= 11 is 0. The van der Waals surface area contributed by atoms with Gasteiger partial charge < -0.3 is 20.1 Å². The molecule has 0 saturated carbocycles. The van der Waals surface area contributed by atoms with Gasteiger partial charge in [0.25, 0.3) is 0 Å². The Morgan fingerprint density at radius 1 is 1.36 bits per heavy atom. The average molecular weight is 348 g/mol. The molecule has 25 heavy (non-hydrogen) atoms. The lowest BCUT2D eigenvalue weighted by molar-refractivity contribution is 0.206. The Morgan fingerprint density at radius 2 is 2.16 bits per heavy atom. The lowest BCUT2D eigenvalue weighted by Gasteiger charge is -2.32. The molecule has 1 fully saturated rings. The molecule has 2 rings (SSSR count). The van der Waals surface area contributed by atoms with Gasteiger partial charge in [-0.2, -0.15) is 0 Å². The number of aliphatic imine (C=N–C) groups is 1. The first-order valence-electron chi connectivity index (χ1n) is 9.51. The van der Waals surface area contributed by atoms with Crippen molar-refractivity contribution in [2.45, 2.75) is 52.1 Å². The van der Waals surface area contributed by atoms with Crippen LogP contribution >= 0.6 is 0 Å². The smallest absolute Gasteiger partial charge is 0.191 e. The van der Waals surface area contributed by atoms with Gasteiger partial charge in [0, 0.05) is 38.6 Å². The highest BCUT2D eigenvalue weighted by Gasteiger charge is 2.19. The number of aryl methyl sites for hydroxylation is 1. The molecule has 7 heteroatoms. The number of nitrogens with one attached hydrogen (secondary N) is 2. The van der Waals surface area contributed by atoms with Crippen LogP contribution in [0.4, 0.5) is 0 Å². The van der Waals surface area contributed by atoms with Crippen molar-refractivity contribution >= 4 is 5.96 Å². The van der Waals surface area contributed by atoms with Crippen molar-refractivity contribution in [1.82, 2.24) is 30.3 Å². The van der Waals surface area contributed by atoms with Crippen LogP contribution in [0.15, 0.2) is 24.0 Å². The van der Waals surface area contributed by atoms with Gasteiger partial charge in [-0.3, -0.25) is 4.99 Å². The quantitative estimate of drug-likeness (QED) is 0.402. The van der Waals surface area contributed by atoms with E-state index in [1.165, 1.54) is 38.9 Å². The molecule has 7 nitrogen and oxygen atoms in total. The fourth-order valence-electron chi connectivity index (χ4n) is 3.14. The molecule has 2 N–H and O–H groups in total. The summed E-state index contributed by atoms with van der Waals surface area (Å²) in [5.41, 5.74) is 0. The van der Waals surface area contributed by atoms with E-state index >= 15 is 0 Å². The molecular weight excluding hydrogens is 314 g/mol. The van der Waals surface area contributed by atoms with Crippen LogP contribution in [-0.4, -0.2) is 64.4 Å². The summed E-state index contributed by atoms with van der Waals surface area (Å²) in [7, 11) is 0. The van der Waals surface area contributed by atoms with Crippen LogP contribution in [0.25, 0.3) is 0 Å². The van der Waals surface area contributed by atoms with E-state index in [9.17, 15) is 0 Å². The van der Waals surface area contributed by atoms with Crippen molar-refractivity contribution in [1.29, 1.82) is 0 Å². The molecule has 1 saturated heterocycles. The Balaban J connectivity index is 1.84. The largest absolute Gasteiger partial charge is 0.354 e. The Morgan fingerprint density at radius 3 is 2.84 bits per heavy atom. The van der Waals surface area contributed by atoms with Gasteiger partial charge in [0.1, 0.15) is 12.2 Å². The van der Waals surface area contributed by atoms with E-state index in [1.54, 1.807) is 6.33 Å². The van der Waals surface area contributed by atoms with Crippen LogP contribution in [0.5, 0.6) is 0 Å². The number of hydrogen-bond donors (Lipinski definition) is 2. The number of aromatic nitrogens is 3. The topological polar surface area (TPSA) is 70.4 Å². The number of hydrogen-bond acceptors (Lipinski definition) is 4. The Labute approximate surface area is 151 Å². The Kier molecular flexibility index (Phi) is 8.45. The van der Waals surface area contributed by atoms with E-state index in [0.29, 0.717) is 19.1 Å². The molecule has 0 amide bonds. The standard InChI is InChI=1S/C18H33N7/c1-4-9-19-18(20-10-14-25-15-21-23-17(25)6-3)22-16-7-12-24(11-5-2)13-8-16/h4,15-16H,1,5-14H2,2-3H3,(H2,19,20,22). The van der Waals surface area contributed by atoms with Crippen LogP contribution < -0.4 is 10.6 Å². The van der Waals surface area contributed by atoms with Gasteiger partial charge in [-0.25, -0.2) is 0 Å². The maximum Gasteiger partial charge on any atom is 0.191 e. The number of nitrogens with zero attached hydrogens (tertiary/aromatic N) is 5. The fourth-order valence-corrected chi connectivity index (χ4v) is 3.14. The van der Waals surface area contributed by atoms with E-state index < -0.39 is 0 Å². The Bertz CT molecular complexity index is 529. The highest BCUT2D eigenvalue weighted by atomic mass is 15.3. The van der Waals surface area contributed by atoms with Crippen molar-refractivity contribution < 1.29 is 0 Å². The number of guanidine groups is 1. The van der Waals surface area contributed by atoms with Crippen LogP contribution in [0.1, 0.15) is 38.9 Å². The summed E-state index contributed by atoms with van der Waals surface area (Å²) in [6.45, 7) is 13.9. The van der Waals surface area contributed by atoms with Crippen molar-refractivity contribution in [2.24, 2.45) is 4.99 Å². The summed E-state index contributed by atoms with van der Waals surface area (Å²) in [5.74, 6) is 1.88. The highest BCUT2D eigenvalue weighted by molar-refractivity contribution is 5.80. The zero-order valence-electron chi connectivity index (χ0n) is 15.7. The predicted molar refractivity (Wildman–Crippen MR) is 103 cm³/mol. The molecule has 2 heterocycles. The van der Waals surface area contributed by atoms with Gasteiger partial charge in [-0.1, -0.05) is 19.9 Å². The summed E-state index contributed by atoms with van der Waals surface area (Å²) in [6.07, 6.45) is 8.09. The van der Waals surface area contributed by atoms with Crippen LogP contribution in [0, 0.1) is 0 Å². The first kappa shape index (κ1) is 19.4. The second kappa shape index (κ2) is 10.9. The molecule has 140 valence electrons. The first-order chi connectivity index (χ1) is 12.3. The molecule has 0 radical (unpaired) electrons. The third-order valence-corrected chi connectivity index (χ3v) is 4.50. The molecule has 0 aromatic carbocycles. The van der Waals surface area contributed by atoms with Crippen LogP contribution in [0.3, 0.4) is 0 Å². The van der Waals surface area contributed by atoms with Gasteiger partial charge in [0.05, 0.1) is 6.54 Å². The van der Waals surface area contributed by atoms with Crippen molar-refractivity contribution in [3.05, 3.63) is 24.8 Å². The highest BCUT2D eigenvalue weighted by Crippen LogP contribution is 2.10. The van der Waals surface area contributed by atoms with Gasteiger partial charge in [-0.15, -0.1) is 16.8 Å². The molecule has 0 bridgehead atoms. The molecule has 1 aliphatic heterocycles. The van der Waals surface area contributed by atoms with Gasteiger partial charge in [-0.05, 0) is 25.8 Å². The minimum absolute atomic E-state index is 0.491. The molecule has 1 aromatic rings. The second-order valence-corrected chi connectivity index (χ2v) is 6.45. The maximum absolute atomic E-state index is 4.72. The zero-order valence-corrected chi connectivity index (χ0v) is 15.7. The normalized spacial score (nSPS) is 16.8. The summed E-state index contributed by atoms with van der Waals surface area (Å²) < 4.78 is 2.07. The number of rotatable bonds is 9. The van der Waals surface area contributed by atoms with E-state index in [4.69, 9.17) is 4.99 Å². The third kappa shape index (κ3) is 6.49. The van der Waals surface area contributed by atoms with Crippen LogP contribution in [-0.2, 0) is 13.0 Å². The lowest BCUT2D eigenvalue weighted by Crippen LogP contribution is -2.49. The van der Waals surface area contributed by atoms with Gasteiger partial charge >= 0.3 is 0 Å². The van der Waals surface area contributed by atoms with Gasteiger partial charge in [0.2, 0.25) is 0 Å². The molecule has 0 spiro atoms. The van der Waals surface area contributed by atoms with E-state index in [2.05, 4.69) is 50.7 Å². The summed E-state index contributed by atoms with van der Waals surface area (Å²) in [4.78, 5) is 7.26. The monoisotopic (exact) mass is 347 g/mol. The molecule has 1 aliphatic rings. The van der Waals surface area contributed by atoms with E-state index in [-0.39, 0.29) is 0 Å². The predicted octanol–water partition coefficient (Wildman–Crippen LogP) is 1.44. The fraction of sp³-hybridized carbons (Fsp3) is 0.722. The molecular formula is C18H33N7. The minimum Gasteiger partial charge on any atom is -0.354 e. The lowest BCUT2D eigenvalue weighted by atomic mass is 10.1. The first-order valence-corrected chi connectivity index (χ1v) is 9.51. The van der Waals surface area contributed by atoms with Gasteiger partial charge in [0.15, 0.2) is 5.96 Å². The Hall–Kier alpha value is -1.89. The van der Waals surface area contributed by atoms with E-state index in [0.717, 1.165) is 24.7 Å². The number of piperidine rings is 1. The third-order valence-electron chi connectivity index (χ3n) is 4.50. The summed E-state index contributed by atoms with van der Waals surface area (Å²) in [5, 5.41) is 15.0. The van der Waals surface area contributed by atoms with Crippen molar-refractivity contribution in [3.8, 4) is 0 Å². The van der Waals surface area contributed by atoms with E-state index in [1.807, 2.05) is 6.08 Å². The molecule has 0 aliphatic carbocycles. The molecule has 0 unspecified atom stereocenters. The van der Waals surface area contributed by atoms with Crippen LogP contribution in [0.2, 0.25) is 0 Å².